The predicted octanol–water partition coefficient (Wildman–Crippen LogP) is 2.59. The number of hydrogen-bond donors (Lipinski definition) is 1. The number of rotatable bonds is 8. The van der Waals surface area contributed by atoms with Gasteiger partial charge in [-0.1, -0.05) is 17.7 Å². The first-order valence-electron chi connectivity index (χ1n) is 9.92. The average Bonchev–Trinajstić information content (AvgIpc) is 3.15. The summed E-state index contributed by atoms with van der Waals surface area (Å²) >= 11 is 3.19. The topological polar surface area (TPSA) is 82.6 Å². The van der Waals surface area contributed by atoms with Gasteiger partial charge in [-0.15, -0.1) is 11.3 Å². The van der Waals surface area contributed by atoms with E-state index < -0.39 is 16.1 Å². The molecule has 1 aliphatic rings. The van der Waals surface area contributed by atoms with Crippen molar-refractivity contribution in [3.63, 3.8) is 0 Å². The van der Waals surface area contributed by atoms with Crippen molar-refractivity contribution in [2.24, 2.45) is 0 Å². The van der Waals surface area contributed by atoms with Crippen molar-refractivity contribution < 1.29 is 13.2 Å². The smallest absolute Gasteiger partial charge is 0.241 e. The Labute approximate surface area is 186 Å². The van der Waals surface area contributed by atoms with Gasteiger partial charge in [0.15, 0.2) is 5.13 Å². The quantitative estimate of drug-likeness (QED) is 0.641. The maximum absolute atomic E-state index is 13.3. The molecule has 1 aromatic carbocycles. The minimum atomic E-state index is -3.77. The highest BCUT2D eigenvalue weighted by molar-refractivity contribution is 7.98. The summed E-state index contributed by atoms with van der Waals surface area (Å²) in [7, 11) is -3.77. The number of anilines is 1. The van der Waals surface area contributed by atoms with E-state index in [2.05, 4.69) is 14.6 Å². The van der Waals surface area contributed by atoms with Crippen LogP contribution in [0.15, 0.2) is 40.7 Å². The summed E-state index contributed by atoms with van der Waals surface area (Å²) in [5.41, 5.74) is 0.985. The summed E-state index contributed by atoms with van der Waals surface area (Å²) in [4.78, 5) is 21.8. The van der Waals surface area contributed by atoms with Crippen LogP contribution in [0.3, 0.4) is 0 Å². The Morgan fingerprint density at radius 1 is 1.23 bits per heavy atom. The summed E-state index contributed by atoms with van der Waals surface area (Å²) in [6, 6.07) is 5.90. The highest BCUT2D eigenvalue weighted by Gasteiger charge is 2.30. The third kappa shape index (κ3) is 5.96. The fourth-order valence-electron chi connectivity index (χ4n) is 3.36. The Hall–Kier alpha value is -1.62. The Balaban J connectivity index is 1.71. The minimum Gasteiger partial charge on any atom is -0.346 e. The molecule has 1 aliphatic heterocycles. The average molecular weight is 469 g/mol. The first-order valence-corrected chi connectivity index (χ1v) is 13.7. The first kappa shape index (κ1) is 23.1. The zero-order valence-corrected chi connectivity index (χ0v) is 19.7. The number of nitrogens with zero attached hydrogens (tertiary/aromatic N) is 3. The number of amides is 1. The van der Waals surface area contributed by atoms with Crippen LogP contribution >= 0.6 is 23.1 Å². The molecular weight excluding hydrogens is 440 g/mol. The van der Waals surface area contributed by atoms with Gasteiger partial charge >= 0.3 is 0 Å². The fraction of sp³-hybridized carbons (Fsp3) is 0.500. The maximum Gasteiger partial charge on any atom is 0.241 e. The van der Waals surface area contributed by atoms with E-state index in [1.54, 1.807) is 58.5 Å². The molecule has 0 saturated carbocycles. The second-order valence-electron chi connectivity index (χ2n) is 7.25. The van der Waals surface area contributed by atoms with Gasteiger partial charge in [-0.25, -0.2) is 13.4 Å². The van der Waals surface area contributed by atoms with Gasteiger partial charge in [-0.3, -0.25) is 4.79 Å². The maximum atomic E-state index is 13.3. The van der Waals surface area contributed by atoms with Gasteiger partial charge in [0.25, 0.3) is 0 Å². The molecule has 1 fully saturated rings. The largest absolute Gasteiger partial charge is 0.346 e. The molecule has 7 nitrogen and oxygen atoms in total. The molecule has 0 aliphatic carbocycles. The molecule has 1 N–H and O–H groups in total. The van der Waals surface area contributed by atoms with E-state index in [4.69, 9.17) is 0 Å². The van der Waals surface area contributed by atoms with Crippen molar-refractivity contribution in [3.05, 3.63) is 41.4 Å². The molecule has 30 heavy (non-hydrogen) atoms. The third-order valence-electron chi connectivity index (χ3n) is 5.03. The molecular formula is C20H28N4O3S3. The zero-order valence-electron chi connectivity index (χ0n) is 17.3. The van der Waals surface area contributed by atoms with Crippen molar-refractivity contribution in [2.45, 2.75) is 30.7 Å². The van der Waals surface area contributed by atoms with E-state index in [0.717, 1.165) is 23.7 Å². The summed E-state index contributed by atoms with van der Waals surface area (Å²) < 4.78 is 28.4. The molecule has 0 spiro atoms. The number of nitrogens with one attached hydrogen (secondary N) is 1. The van der Waals surface area contributed by atoms with E-state index in [9.17, 15) is 13.2 Å². The Bertz CT molecular complexity index is 917. The van der Waals surface area contributed by atoms with Crippen LogP contribution in [0.25, 0.3) is 0 Å². The molecule has 1 saturated heterocycles. The number of aromatic nitrogens is 1. The number of carbonyl (C=O) groups is 1. The molecule has 1 unspecified atom stereocenters. The van der Waals surface area contributed by atoms with E-state index in [1.165, 1.54) is 0 Å². The summed E-state index contributed by atoms with van der Waals surface area (Å²) in [5, 5.41) is 2.91. The van der Waals surface area contributed by atoms with Gasteiger partial charge < -0.3 is 9.80 Å². The lowest BCUT2D eigenvalue weighted by atomic mass is 10.2. The van der Waals surface area contributed by atoms with Crippen molar-refractivity contribution in [2.75, 3.05) is 43.1 Å². The molecule has 2 aromatic rings. The monoisotopic (exact) mass is 468 g/mol. The van der Waals surface area contributed by atoms with Crippen LogP contribution in [-0.4, -0.2) is 68.4 Å². The minimum absolute atomic E-state index is 0.152. The standard InChI is InChI=1S/C20H28N4O3S3/c1-16-4-6-17(7-5-16)30(26,27)22-18(8-14-28-2)19(25)23-10-3-11-24(13-12-23)20-21-9-15-29-20/h4-7,9,15,18,22H,3,8,10-14H2,1-2H3. The van der Waals surface area contributed by atoms with E-state index in [0.29, 0.717) is 31.8 Å². The highest BCUT2D eigenvalue weighted by atomic mass is 32.2. The fourth-order valence-corrected chi connectivity index (χ4v) is 5.75. The molecule has 1 atom stereocenters. The Morgan fingerprint density at radius 2 is 2.00 bits per heavy atom. The molecule has 1 aromatic heterocycles. The van der Waals surface area contributed by atoms with Crippen LogP contribution < -0.4 is 9.62 Å². The summed E-state index contributed by atoms with van der Waals surface area (Å²) in [6.07, 6.45) is 5.02. The zero-order chi connectivity index (χ0) is 21.6. The number of hydrogen-bond acceptors (Lipinski definition) is 7. The molecule has 2 heterocycles. The van der Waals surface area contributed by atoms with Crippen molar-refractivity contribution >= 4 is 44.2 Å². The number of thiazole rings is 1. The van der Waals surface area contributed by atoms with E-state index in [-0.39, 0.29) is 10.8 Å². The van der Waals surface area contributed by atoms with E-state index >= 15 is 0 Å². The van der Waals surface area contributed by atoms with Crippen LogP contribution in [0.4, 0.5) is 5.13 Å². The molecule has 10 heteroatoms. The van der Waals surface area contributed by atoms with Gasteiger partial charge in [0.05, 0.1) is 4.90 Å². The predicted molar refractivity (Wildman–Crippen MR) is 124 cm³/mol. The van der Waals surface area contributed by atoms with E-state index in [1.807, 2.05) is 18.6 Å². The number of thioether (sulfide) groups is 1. The van der Waals surface area contributed by atoms with Crippen LogP contribution in [0.1, 0.15) is 18.4 Å². The second kappa shape index (κ2) is 10.6. The highest BCUT2D eigenvalue weighted by Crippen LogP contribution is 2.20. The lowest BCUT2D eigenvalue weighted by Gasteiger charge is -2.27. The number of aryl methyl sites for hydroxylation is 1. The van der Waals surface area contributed by atoms with Gasteiger partial charge in [0.1, 0.15) is 6.04 Å². The van der Waals surface area contributed by atoms with Gasteiger partial charge in [-0.05, 0) is 43.9 Å². The first-order chi connectivity index (χ1) is 14.4. The number of carbonyl (C=O) groups excluding carboxylic acids is 1. The van der Waals surface area contributed by atoms with Crippen molar-refractivity contribution in [3.8, 4) is 0 Å². The van der Waals surface area contributed by atoms with Crippen LogP contribution in [0, 0.1) is 6.92 Å². The SMILES string of the molecule is CSCCC(NS(=O)(=O)c1ccc(C)cc1)C(=O)N1CCCN(c2nccs2)CC1. The Kier molecular flexibility index (Phi) is 8.15. The van der Waals surface area contributed by atoms with Gasteiger partial charge in [-0.2, -0.15) is 16.5 Å². The molecule has 3 rings (SSSR count). The molecule has 1 amide bonds. The van der Waals surface area contributed by atoms with Gasteiger partial charge in [0, 0.05) is 37.8 Å². The van der Waals surface area contributed by atoms with Crippen LogP contribution in [0.5, 0.6) is 0 Å². The third-order valence-corrected chi connectivity index (χ3v) is 8.00. The summed E-state index contributed by atoms with van der Waals surface area (Å²) in [5.74, 6) is 0.548. The van der Waals surface area contributed by atoms with Crippen molar-refractivity contribution in [1.29, 1.82) is 0 Å². The number of benzene rings is 1. The number of sulfonamides is 1. The molecule has 0 radical (unpaired) electrons. The normalized spacial score (nSPS) is 16.3. The summed E-state index contributed by atoms with van der Waals surface area (Å²) in [6.45, 7) is 4.60. The Morgan fingerprint density at radius 3 is 2.67 bits per heavy atom. The molecule has 164 valence electrons. The van der Waals surface area contributed by atoms with Gasteiger partial charge in [0.2, 0.25) is 15.9 Å². The van der Waals surface area contributed by atoms with Crippen LogP contribution in [-0.2, 0) is 14.8 Å². The lowest BCUT2D eigenvalue weighted by Crippen LogP contribution is -2.49. The van der Waals surface area contributed by atoms with Crippen LogP contribution in [0.2, 0.25) is 0 Å². The molecule has 0 bridgehead atoms. The second-order valence-corrected chi connectivity index (χ2v) is 10.8. The van der Waals surface area contributed by atoms with Crippen molar-refractivity contribution in [1.82, 2.24) is 14.6 Å². The lowest BCUT2D eigenvalue weighted by molar-refractivity contribution is -0.132.